The summed E-state index contributed by atoms with van der Waals surface area (Å²) in [5.74, 6) is 0.278. The van der Waals surface area contributed by atoms with Gasteiger partial charge in [0.25, 0.3) is 0 Å². The van der Waals surface area contributed by atoms with Crippen molar-refractivity contribution < 1.29 is 9.90 Å². The number of likely N-dealkylation sites (N-methyl/N-ethyl adjacent to an activating group) is 2. The number of nitrogens with zero attached hydrogens (tertiary/aromatic N) is 1. The van der Waals surface area contributed by atoms with Gasteiger partial charge < -0.3 is 10.4 Å². The molecule has 0 saturated carbocycles. The highest BCUT2D eigenvalue weighted by Gasteiger charge is 2.20. The van der Waals surface area contributed by atoms with Gasteiger partial charge in [0.2, 0.25) is 5.91 Å². The summed E-state index contributed by atoms with van der Waals surface area (Å²) in [6, 6.07) is 11.7. The summed E-state index contributed by atoms with van der Waals surface area (Å²) in [4.78, 5) is 13.6. The maximum Gasteiger partial charge on any atom is 0.233 e. The van der Waals surface area contributed by atoms with Gasteiger partial charge in [0.15, 0.2) is 0 Å². The largest absolute Gasteiger partial charge is 0.507 e. The van der Waals surface area contributed by atoms with E-state index in [-0.39, 0.29) is 11.9 Å². The van der Waals surface area contributed by atoms with Crippen LogP contribution >= 0.6 is 0 Å². The lowest BCUT2D eigenvalue weighted by Crippen LogP contribution is -2.37. The quantitative estimate of drug-likeness (QED) is 0.888. The lowest BCUT2D eigenvalue weighted by molar-refractivity contribution is -0.122. The second-order valence-corrected chi connectivity index (χ2v) is 5.14. The van der Waals surface area contributed by atoms with E-state index < -0.39 is 0 Å². The predicted octanol–water partition coefficient (Wildman–Crippen LogP) is 2.67. The first-order chi connectivity index (χ1) is 10.1. The molecule has 1 unspecified atom stereocenters. The number of phenols is 1. The zero-order valence-electron chi connectivity index (χ0n) is 12.8. The minimum Gasteiger partial charge on any atom is -0.507 e. The fraction of sp³-hybridized carbons (Fsp3) is 0.353. The molecular formula is C17H22N2O2. The summed E-state index contributed by atoms with van der Waals surface area (Å²) < 4.78 is 0. The molecule has 4 nitrogen and oxygen atoms in total. The topological polar surface area (TPSA) is 52.6 Å². The molecule has 21 heavy (non-hydrogen) atoms. The molecule has 2 N–H and O–H groups in total. The van der Waals surface area contributed by atoms with E-state index in [1.165, 1.54) is 0 Å². The number of benzene rings is 2. The molecule has 0 heterocycles. The van der Waals surface area contributed by atoms with Crippen LogP contribution < -0.4 is 5.32 Å². The molecule has 2 aromatic rings. The standard InChI is InChI=1S/C17H22N2O2/c1-4-19(11-16(20)18-3)12(2)14-10-9-13-7-5-6-8-15(13)17(14)21/h5-10,12,21H,4,11H2,1-3H3,(H,18,20). The fourth-order valence-electron chi connectivity index (χ4n) is 2.59. The third-order valence-corrected chi connectivity index (χ3v) is 3.96. The first kappa shape index (κ1) is 15.3. The van der Waals surface area contributed by atoms with Crippen LogP contribution in [0.4, 0.5) is 0 Å². The van der Waals surface area contributed by atoms with Crippen LogP contribution in [0.25, 0.3) is 10.8 Å². The van der Waals surface area contributed by atoms with Gasteiger partial charge in [0.05, 0.1) is 6.54 Å². The Hall–Kier alpha value is -2.07. The third kappa shape index (κ3) is 3.16. The van der Waals surface area contributed by atoms with Crippen molar-refractivity contribution in [2.45, 2.75) is 19.9 Å². The molecule has 0 bridgehead atoms. The maximum absolute atomic E-state index is 11.6. The maximum atomic E-state index is 11.6. The summed E-state index contributed by atoms with van der Waals surface area (Å²) in [7, 11) is 1.63. The zero-order valence-corrected chi connectivity index (χ0v) is 12.8. The Balaban J connectivity index is 2.35. The Kier molecular flexibility index (Phi) is 4.81. The molecule has 1 amide bonds. The Morgan fingerprint density at radius 1 is 1.29 bits per heavy atom. The fourth-order valence-corrected chi connectivity index (χ4v) is 2.59. The van der Waals surface area contributed by atoms with Crippen molar-refractivity contribution in [1.82, 2.24) is 10.2 Å². The Morgan fingerprint density at radius 2 is 2.00 bits per heavy atom. The summed E-state index contributed by atoms with van der Waals surface area (Å²) in [6.45, 7) is 5.08. The number of carbonyl (C=O) groups is 1. The number of fused-ring (bicyclic) bond motifs is 1. The normalized spacial score (nSPS) is 12.6. The van der Waals surface area contributed by atoms with Crippen molar-refractivity contribution >= 4 is 16.7 Å². The molecule has 4 heteroatoms. The number of hydrogen-bond donors (Lipinski definition) is 2. The van der Waals surface area contributed by atoms with Crippen LogP contribution in [0.3, 0.4) is 0 Å². The molecule has 0 aliphatic rings. The van der Waals surface area contributed by atoms with Gasteiger partial charge in [-0.2, -0.15) is 0 Å². The van der Waals surface area contributed by atoms with Gasteiger partial charge in [-0.15, -0.1) is 0 Å². The highest BCUT2D eigenvalue weighted by molar-refractivity contribution is 5.89. The zero-order chi connectivity index (χ0) is 15.4. The Bertz CT molecular complexity index is 640. The van der Waals surface area contributed by atoms with Crippen LogP contribution in [0.1, 0.15) is 25.5 Å². The molecule has 0 saturated heterocycles. The van der Waals surface area contributed by atoms with Gasteiger partial charge in [0, 0.05) is 24.0 Å². The van der Waals surface area contributed by atoms with E-state index in [4.69, 9.17) is 0 Å². The molecule has 1 atom stereocenters. The SMILES string of the molecule is CCN(CC(=O)NC)C(C)c1ccc2ccccc2c1O. The van der Waals surface area contributed by atoms with Crippen molar-refractivity contribution in [2.75, 3.05) is 20.1 Å². The van der Waals surface area contributed by atoms with Crippen LogP contribution in [-0.4, -0.2) is 36.1 Å². The van der Waals surface area contributed by atoms with Crippen molar-refractivity contribution in [2.24, 2.45) is 0 Å². The Morgan fingerprint density at radius 3 is 2.67 bits per heavy atom. The van der Waals surface area contributed by atoms with E-state index in [2.05, 4.69) is 5.32 Å². The van der Waals surface area contributed by atoms with E-state index in [1.54, 1.807) is 7.05 Å². The molecule has 0 fully saturated rings. The third-order valence-electron chi connectivity index (χ3n) is 3.96. The van der Waals surface area contributed by atoms with Gasteiger partial charge in [-0.3, -0.25) is 9.69 Å². The first-order valence-corrected chi connectivity index (χ1v) is 7.23. The second kappa shape index (κ2) is 6.59. The molecule has 0 aliphatic carbocycles. The van der Waals surface area contributed by atoms with Gasteiger partial charge in [0.1, 0.15) is 5.75 Å². The minimum absolute atomic E-state index is 0.0241. The first-order valence-electron chi connectivity index (χ1n) is 7.23. The van der Waals surface area contributed by atoms with Crippen LogP contribution in [0.2, 0.25) is 0 Å². The molecule has 0 aromatic heterocycles. The summed E-state index contributed by atoms with van der Waals surface area (Å²) in [5, 5.41) is 15.0. The molecule has 0 radical (unpaired) electrons. The van der Waals surface area contributed by atoms with E-state index in [0.717, 1.165) is 22.9 Å². The van der Waals surface area contributed by atoms with Crippen LogP contribution in [0, 0.1) is 0 Å². The van der Waals surface area contributed by atoms with Crippen molar-refractivity contribution in [3.05, 3.63) is 42.0 Å². The van der Waals surface area contributed by atoms with E-state index in [9.17, 15) is 9.90 Å². The molecule has 0 aliphatic heterocycles. The smallest absolute Gasteiger partial charge is 0.233 e. The highest BCUT2D eigenvalue weighted by Crippen LogP contribution is 2.34. The van der Waals surface area contributed by atoms with Gasteiger partial charge in [-0.05, 0) is 18.9 Å². The van der Waals surface area contributed by atoms with Crippen molar-refractivity contribution in [1.29, 1.82) is 0 Å². The van der Waals surface area contributed by atoms with E-state index in [1.807, 2.05) is 55.1 Å². The molecule has 112 valence electrons. The molecule has 2 rings (SSSR count). The Labute approximate surface area is 125 Å². The number of rotatable bonds is 5. The predicted molar refractivity (Wildman–Crippen MR) is 85.3 cm³/mol. The number of hydrogen-bond acceptors (Lipinski definition) is 3. The highest BCUT2D eigenvalue weighted by atomic mass is 16.3. The van der Waals surface area contributed by atoms with Gasteiger partial charge in [-0.25, -0.2) is 0 Å². The van der Waals surface area contributed by atoms with Crippen molar-refractivity contribution in [3.63, 3.8) is 0 Å². The van der Waals surface area contributed by atoms with E-state index in [0.29, 0.717) is 12.3 Å². The molecular weight excluding hydrogens is 264 g/mol. The number of aromatic hydroxyl groups is 1. The minimum atomic E-state index is -0.0306. The summed E-state index contributed by atoms with van der Waals surface area (Å²) in [5.41, 5.74) is 0.847. The number of carbonyl (C=O) groups excluding carboxylic acids is 1. The van der Waals surface area contributed by atoms with Crippen LogP contribution in [0.15, 0.2) is 36.4 Å². The summed E-state index contributed by atoms with van der Waals surface area (Å²) in [6.07, 6.45) is 0. The number of amides is 1. The lowest BCUT2D eigenvalue weighted by atomic mass is 10.00. The van der Waals surface area contributed by atoms with Gasteiger partial charge >= 0.3 is 0 Å². The number of nitrogens with one attached hydrogen (secondary N) is 1. The number of phenolic OH excluding ortho intramolecular Hbond substituents is 1. The monoisotopic (exact) mass is 286 g/mol. The average Bonchev–Trinajstić information content (AvgIpc) is 2.52. The average molecular weight is 286 g/mol. The lowest BCUT2D eigenvalue weighted by Gasteiger charge is -2.28. The van der Waals surface area contributed by atoms with Crippen LogP contribution in [0.5, 0.6) is 5.75 Å². The second-order valence-electron chi connectivity index (χ2n) is 5.14. The van der Waals surface area contributed by atoms with Crippen LogP contribution in [-0.2, 0) is 4.79 Å². The molecule has 0 spiro atoms. The summed E-state index contributed by atoms with van der Waals surface area (Å²) >= 11 is 0. The molecule has 2 aromatic carbocycles. The van der Waals surface area contributed by atoms with E-state index >= 15 is 0 Å². The van der Waals surface area contributed by atoms with Crippen molar-refractivity contribution in [3.8, 4) is 5.75 Å². The van der Waals surface area contributed by atoms with Gasteiger partial charge in [-0.1, -0.05) is 43.3 Å².